The minimum atomic E-state index is -0.502. The number of nitrogens with zero attached hydrogens (tertiary/aromatic N) is 3. The van der Waals surface area contributed by atoms with Crippen molar-refractivity contribution < 1.29 is 9.21 Å². The normalized spacial score (nSPS) is 15.1. The van der Waals surface area contributed by atoms with Crippen molar-refractivity contribution in [3.63, 3.8) is 0 Å². The van der Waals surface area contributed by atoms with E-state index in [1.165, 1.54) is 6.08 Å². The van der Waals surface area contributed by atoms with Crippen LogP contribution in [0.4, 0.5) is 6.01 Å². The fourth-order valence-electron chi connectivity index (χ4n) is 3.24. The van der Waals surface area contributed by atoms with Crippen LogP contribution in [0.3, 0.4) is 0 Å². The number of anilines is 1. The van der Waals surface area contributed by atoms with E-state index in [9.17, 15) is 4.79 Å². The van der Waals surface area contributed by atoms with Crippen molar-refractivity contribution in [1.82, 2.24) is 15.5 Å². The highest BCUT2D eigenvalue weighted by atomic mass is 16.4. The van der Waals surface area contributed by atoms with E-state index in [4.69, 9.17) is 4.42 Å². The summed E-state index contributed by atoms with van der Waals surface area (Å²) in [6, 6.07) is 19.4. The van der Waals surface area contributed by atoms with Gasteiger partial charge in [-0.3, -0.25) is 4.79 Å². The molecule has 4 rings (SSSR count). The van der Waals surface area contributed by atoms with Crippen LogP contribution in [0.2, 0.25) is 0 Å². The number of aromatic nitrogens is 2. The van der Waals surface area contributed by atoms with Crippen molar-refractivity contribution in [3.8, 4) is 0 Å². The lowest BCUT2D eigenvalue weighted by Crippen LogP contribution is -2.28. The van der Waals surface area contributed by atoms with Crippen LogP contribution in [0.1, 0.15) is 35.9 Å². The molecule has 1 fully saturated rings. The topological polar surface area (TPSA) is 71.3 Å². The molecule has 0 saturated carbocycles. The molecule has 6 nitrogen and oxygen atoms in total. The highest BCUT2D eigenvalue weighted by Crippen LogP contribution is 2.25. The van der Waals surface area contributed by atoms with Gasteiger partial charge in [0.05, 0.1) is 0 Å². The summed E-state index contributed by atoms with van der Waals surface area (Å²) in [5, 5.41) is 11.4. The van der Waals surface area contributed by atoms with Gasteiger partial charge in [0.25, 0.3) is 0 Å². The molecule has 1 aliphatic heterocycles. The molecule has 2 heterocycles. The lowest BCUT2D eigenvalue weighted by atomic mass is 10.1. The molecule has 28 heavy (non-hydrogen) atoms. The predicted molar refractivity (Wildman–Crippen MR) is 108 cm³/mol. The molecule has 0 spiro atoms. The summed E-state index contributed by atoms with van der Waals surface area (Å²) >= 11 is 0. The zero-order valence-corrected chi connectivity index (χ0v) is 15.5. The van der Waals surface area contributed by atoms with Crippen molar-refractivity contribution in [2.24, 2.45) is 0 Å². The maximum atomic E-state index is 12.5. The Morgan fingerprint density at radius 3 is 2.39 bits per heavy atom. The highest BCUT2D eigenvalue weighted by Gasteiger charge is 2.25. The van der Waals surface area contributed by atoms with E-state index in [0.717, 1.165) is 37.1 Å². The molecule has 2 aromatic carbocycles. The first-order valence-corrected chi connectivity index (χ1v) is 9.46. The average Bonchev–Trinajstić information content (AvgIpc) is 3.44. The van der Waals surface area contributed by atoms with Gasteiger partial charge < -0.3 is 14.6 Å². The van der Waals surface area contributed by atoms with Gasteiger partial charge in [-0.2, -0.15) is 0 Å². The molecule has 6 heteroatoms. The summed E-state index contributed by atoms with van der Waals surface area (Å²) in [5.74, 6) is 0.160. The van der Waals surface area contributed by atoms with Crippen LogP contribution in [0.15, 0.2) is 71.2 Å². The minimum absolute atomic E-state index is 0.223. The van der Waals surface area contributed by atoms with Crippen LogP contribution in [0.25, 0.3) is 6.08 Å². The number of rotatable bonds is 6. The molecule has 1 aromatic heterocycles. The van der Waals surface area contributed by atoms with Crippen LogP contribution < -0.4 is 10.2 Å². The number of carbonyl (C=O) groups excluding carboxylic acids is 1. The van der Waals surface area contributed by atoms with Gasteiger partial charge in [0.1, 0.15) is 6.04 Å². The second kappa shape index (κ2) is 8.52. The van der Waals surface area contributed by atoms with Crippen molar-refractivity contribution in [1.29, 1.82) is 0 Å². The van der Waals surface area contributed by atoms with E-state index < -0.39 is 6.04 Å². The average molecular weight is 374 g/mol. The molecule has 0 bridgehead atoms. The van der Waals surface area contributed by atoms with Gasteiger partial charge in [-0.05, 0) is 30.0 Å². The number of hydrogen-bond acceptors (Lipinski definition) is 5. The molecule has 0 radical (unpaired) electrons. The summed E-state index contributed by atoms with van der Waals surface area (Å²) in [6.07, 6.45) is 5.55. The standard InChI is InChI=1S/C22H22N4O2/c27-19(14-13-17-9-3-1-4-10-17)23-20(18-11-5-2-6-12-18)21-24-25-22(28-21)26-15-7-8-16-26/h1-6,9-14,20H,7-8,15-16H2,(H,23,27)/b14-13+/t20-/m0/s1. The first-order valence-electron chi connectivity index (χ1n) is 9.46. The van der Waals surface area contributed by atoms with Crippen molar-refractivity contribution >= 4 is 18.0 Å². The van der Waals surface area contributed by atoms with Crippen LogP contribution in [-0.4, -0.2) is 29.2 Å². The SMILES string of the molecule is O=C(/C=C/c1ccccc1)N[C@@H](c1ccccc1)c1nnc(N2CCCC2)o1. The Balaban J connectivity index is 1.54. The third kappa shape index (κ3) is 4.28. The van der Waals surface area contributed by atoms with Gasteiger partial charge >= 0.3 is 6.01 Å². The smallest absolute Gasteiger partial charge is 0.318 e. The van der Waals surface area contributed by atoms with E-state index in [2.05, 4.69) is 20.4 Å². The van der Waals surface area contributed by atoms with Crippen LogP contribution in [0, 0.1) is 0 Å². The zero-order chi connectivity index (χ0) is 19.2. The molecule has 1 saturated heterocycles. The van der Waals surface area contributed by atoms with Crippen molar-refractivity contribution in [2.75, 3.05) is 18.0 Å². The monoisotopic (exact) mass is 374 g/mol. The lowest BCUT2D eigenvalue weighted by Gasteiger charge is -2.15. The van der Waals surface area contributed by atoms with Gasteiger partial charge in [0.2, 0.25) is 11.8 Å². The fourth-order valence-corrected chi connectivity index (χ4v) is 3.24. The van der Waals surface area contributed by atoms with Gasteiger partial charge in [-0.25, -0.2) is 0 Å². The second-order valence-electron chi connectivity index (χ2n) is 6.71. The second-order valence-corrected chi connectivity index (χ2v) is 6.71. The largest absolute Gasteiger partial charge is 0.405 e. The Morgan fingerprint density at radius 1 is 1.00 bits per heavy atom. The zero-order valence-electron chi connectivity index (χ0n) is 15.5. The molecular formula is C22H22N4O2. The minimum Gasteiger partial charge on any atom is -0.405 e. The first-order chi connectivity index (χ1) is 13.8. The highest BCUT2D eigenvalue weighted by molar-refractivity contribution is 5.92. The van der Waals surface area contributed by atoms with Gasteiger partial charge in [-0.15, -0.1) is 5.10 Å². The molecule has 1 N–H and O–H groups in total. The molecule has 142 valence electrons. The quantitative estimate of drug-likeness (QED) is 0.668. The summed E-state index contributed by atoms with van der Waals surface area (Å²) < 4.78 is 5.91. The molecule has 0 aliphatic carbocycles. The Bertz CT molecular complexity index is 931. The van der Waals surface area contributed by atoms with E-state index in [1.807, 2.05) is 60.7 Å². The summed E-state index contributed by atoms with van der Waals surface area (Å²) in [5.41, 5.74) is 1.85. The predicted octanol–water partition coefficient (Wildman–Crippen LogP) is 3.59. The van der Waals surface area contributed by atoms with Crippen molar-refractivity contribution in [3.05, 3.63) is 83.8 Å². The Morgan fingerprint density at radius 2 is 1.68 bits per heavy atom. The van der Waals surface area contributed by atoms with Gasteiger partial charge in [-0.1, -0.05) is 65.8 Å². The number of amides is 1. The van der Waals surface area contributed by atoms with Gasteiger partial charge in [0, 0.05) is 19.2 Å². The van der Waals surface area contributed by atoms with Gasteiger partial charge in [0.15, 0.2) is 0 Å². The van der Waals surface area contributed by atoms with E-state index in [0.29, 0.717) is 11.9 Å². The molecule has 1 atom stereocenters. The lowest BCUT2D eigenvalue weighted by molar-refractivity contribution is -0.117. The van der Waals surface area contributed by atoms with E-state index in [1.54, 1.807) is 6.08 Å². The molecule has 3 aromatic rings. The third-order valence-corrected chi connectivity index (χ3v) is 4.70. The van der Waals surface area contributed by atoms with Crippen LogP contribution in [-0.2, 0) is 4.79 Å². The number of nitrogens with one attached hydrogen (secondary N) is 1. The number of hydrogen-bond donors (Lipinski definition) is 1. The summed E-state index contributed by atoms with van der Waals surface area (Å²) in [6.45, 7) is 1.84. The first kappa shape index (κ1) is 18.0. The molecular weight excluding hydrogens is 352 g/mol. The third-order valence-electron chi connectivity index (χ3n) is 4.70. The Hall–Kier alpha value is -3.41. The number of carbonyl (C=O) groups is 1. The fraction of sp³-hybridized carbons (Fsp3) is 0.227. The Kier molecular flexibility index (Phi) is 5.47. The molecule has 0 unspecified atom stereocenters. The molecule has 1 aliphatic rings. The number of benzene rings is 2. The maximum Gasteiger partial charge on any atom is 0.318 e. The van der Waals surface area contributed by atoms with E-state index in [-0.39, 0.29) is 5.91 Å². The summed E-state index contributed by atoms with van der Waals surface area (Å²) in [4.78, 5) is 14.6. The molecule has 1 amide bonds. The van der Waals surface area contributed by atoms with E-state index >= 15 is 0 Å². The summed E-state index contributed by atoms with van der Waals surface area (Å²) in [7, 11) is 0. The van der Waals surface area contributed by atoms with Crippen LogP contribution in [0.5, 0.6) is 0 Å². The van der Waals surface area contributed by atoms with Crippen LogP contribution >= 0.6 is 0 Å². The Labute approximate surface area is 163 Å². The van der Waals surface area contributed by atoms with Crippen molar-refractivity contribution in [2.45, 2.75) is 18.9 Å². The maximum absolute atomic E-state index is 12.5.